The molecule has 1 amide bonds. The molecule has 5 heteroatoms. The first-order valence-corrected chi connectivity index (χ1v) is 8.33. The van der Waals surface area contributed by atoms with Crippen LogP contribution in [0.4, 0.5) is 4.79 Å². The molecule has 1 aliphatic carbocycles. The Kier molecular flexibility index (Phi) is 3.53. The molecule has 1 fully saturated rings. The van der Waals surface area contributed by atoms with Crippen LogP contribution in [-0.4, -0.2) is 41.8 Å². The van der Waals surface area contributed by atoms with Crippen molar-refractivity contribution in [3.8, 4) is 11.1 Å². The fourth-order valence-electron chi connectivity index (χ4n) is 3.75. The summed E-state index contributed by atoms with van der Waals surface area (Å²) in [5, 5.41) is 9.13. The van der Waals surface area contributed by atoms with E-state index in [4.69, 9.17) is 9.84 Å². The first-order chi connectivity index (χ1) is 12.0. The summed E-state index contributed by atoms with van der Waals surface area (Å²) in [6.45, 7) is 2.29. The Balaban J connectivity index is 1.47. The SMILES string of the molecule is CC1(C(=O)O)CN(C(=O)OCC2c3ccccc3-c3ccccc32)C1. The molecule has 4 rings (SSSR count). The lowest BCUT2D eigenvalue weighted by molar-refractivity contribution is -0.156. The van der Waals surface area contributed by atoms with Gasteiger partial charge in [0.05, 0.1) is 0 Å². The molecule has 0 saturated carbocycles. The summed E-state index contributed by atoms with van der Waals surface area (Å²) in [5.74, 6) is -0.862. The molecule has 0 bridgehead atoms. The molecule has 1 saturated heterocycles. The van der Waals surface area contributed by atoms with Gasteiger partial charge in [-0.3, -0.25) is 4.79 Å². The zero-order chi connectivity index (χ0) is 17.6. The lowest BCUT2D eigenvalue weighted by Crippen LogP contribution is -2.60. The van der Waals surface area contributed by atoms with Crippen LogP contribution >= 0.6 is 0 Å². The van der Waals surface area contributed by atoms with Crippen LogP contribution in [0, 0.1) is 5.41 Å². The number of carbonyl (C=O) groups is 2. The smallest absolute Gasteiger partial charge is 0.409 e. The van der Waals surface area contributed by atoms with E-state index in [-0.39, 0.29) is 25.6 Å². The van der Waals surface area contributed by atoms with Crippen LogP contribution in [0.2, 0.25) is 0 Å². The van der Waals surface area contributed by atoms with E-state index >= 15 is 0 Å². The van der Waals surface area contributed by atoms with Crippen molar-refractivity contribution in [1.82, 2.24) is 4.90 Å². The zero-order valence-corrected chi connectivity index (χ0v) is 13.9. The van der Waals surface area contributed by atoms with Gasteiger partial charge in [-0.25, -0.2) is 4.79 Å². The minimum absolute atomic E-state index is 0.0171. The molecular weight excluding hydrogens is 318 g/mol. The molecule has 5 nitrogen and oxygen atoms in total. The van der Waals surface area contributed by atoms with Crippen molar-refractivity contribution in [2.24, 2.45) is 5.41 Å². The largest absolute Gasteiger partial charge is 0.481 e. The summed E-state index contributed by atoms with van der Waals surface area (Å²) in [6.07, 6.45) is -0.444. The van der Waals surface area contributed by atoms with E-state index in [1.165, 1.54) is 16.0 Å². The molecule has 0 aromatic heterocycles. The lowest BCUT2D eigenvalue weighted by atomic mass is 9.82. The third-order valence-corrected chi connectivity index (χ3v) is 5.19. The molecule has 25 heavy (non-hydrogen) atoms. The second-order valence-electron chi connectivity index (χ2n) is 7.03. The number of carboxylic acid groups (broad SMARTS) is 1. The predicted molar refractivity (Wildman–Crippen MR) is 92.4 cm³/mol. The second-order valence-corrected chi connectivity index (χ2v) is 7.03. The Morgan fingerprint density at radius 2 is 1.60 bits per heavy atom. The Morgan fingerprint density at radius 3 is 2.12 bits per heavy atom. The molecule has 1 aliphatic heterocycles. The first-order valence-electron chi connectivity index (χ1n) is 8.33. The van der Waals surface area contributed by atoms with Gasteiger partial charge >= 0.3 is 12.1 Å². The molecule has 1 heterocycles. The first kappa shape index (κ1) is 15.7. The summed E-state index contributed by atoms with van der Waals surface area (Å²) >= 11 is 0. The predicted octanol–water partition coefficient (Wildman–Crippen LogP) is 3.34. The number of fused-ring (bicyclic) bond motifs is 3. The highest BCUT2D eigenvalue weighted by Crippen LogP contribution is 2.44. The number of carbonyl (C=O) groups excluding carboxylic acids is 1. The Bertz CT molecular complexity index is 809. The van der Waals surface area contributed by atoms with Crippen molar-refractivity contribution in [2.45, 2.75) is 12.8 Å². The minimum Gasteiger partial charge on any atom is -0.481 e. The number of benzene rings is 2. The van der Waals surface area contributed by atoms with Gasteiger partial charge in [-0.15, -0.1) is 0 Å². The van der Waals surface area contributed by atoms with Crippen molar-refractivity contribution in [3.05, 3.63) is 59.7 Å². The molecule has 0 unspecified atom stereocenters. The molecule has 0 atom stereocenters. The maximum absolute atomic E-state index is 12.2. The van der Waals surface area contributed by atoms with Crippen molar-refractivity contribution < 1.29 is 19.4 Å². The van der Waals surface area contributed by atoms with Gasteiger partial charge in [0, 0.05) is 19.0 Å². The van der Waals surface area contributed by atoms with Gasteiger partial charge < -0.3 is 14.7 Å². The van der Waals surface area contributed by atoms with Crippen LogP contribution in [0.25, 0.3) is 11.1 Å². The van der Waals surface area contributed by atoms with Gasteiger partial charge in [-0.1, -0.05) is 48.5 Å². The van der Waals surface area contributed by atoms with Crippen LogP contribution in [-0.2, 0) is 9.53 Å². The van der Waals surface area contributed by atoms with Crippen molar-refractivity contribution >= 4 is 12.1 Å². The monoisotopic (exact) mass is 337 g/mol. The van der Waals surface area contributed by atoms with Crippen LogP contribution in [0.5, 0.6) is 0 Å². The number of carboxylic acids is 1. The van der Waals surface area contributed by atoms with Crippen LogP contribution in [0.1, 0.15) is 24.0 Å². The fraction of sp³-hybridized carbons (Fsp3) is 0.300. The second kappa shape index (κ2) is 5.62. The van der Waals surface area contributed by atoms with Gasteiger partial charge in [0.2, 0.25) is 0 Å². The van der Waals surface area contributed by atoms with Gasteiger partial charge in [0.15, 0.2) is 0 Å². The van der Waals surface area contributed by atoms with Gasteiger partial charge in [-0.05, 0) is 29.2 Å². The summed E-state index contributed by atoms with van der Waals surface area (Å²) in [7, 11) is 0. The van der Waals surface area contributed by atoms with Crippen LogP contribution < -0.4 is 0 Å². The van der Waals surface area contributed by atoms with Crippen molar-refractivity contribution in [2.75, 3.05) is 19.7 Å². The molecule has 2 aromatic carbocycles. The average molecular weight is 337 g/mol. The van der Waals surface area contributed by atoms with E-state index in [1.54, 1.807) is 6.92 Å². The number of aliphatic carboxylic acids is 1. The standard InChI is InChI=1S/C20H19NO4/c1-20(18(22)23)11-21(12-20)19(24)25-10-17-15-8-4-2-6-13(15)14-7-3-5-9-16(14)17/h2-9,17H,10-12H2,1H3,(H,22,23). The van der Waals surface area contributed by atoms with Crippen LogP contribution in [0.3, 0.4) is 0 Å². The molecule has 2 aliphatic rings. The quantitative estimate of drug-likeness (QED) is 0.933. The Morgan fingerprint density at radius 1 is 1.08 bits per heavy atom. The van der Waals surface area contributed by atoms with E-state index in [2.05, 4.69) is 24.3 Å². The maximum atomic E-state index is 12.2. The number of rotatable bonds is 3. The maximum Gasteiger partial charge on any atom is 0.409 e. The molecule has 128 valence electrons. The topological polar surface area (TPSA) is 66.8 Å². The molecule has 1 N–H and O–H groups in total. The summed E-state index contributed by atoms with van der Waals surface area (Å²) in [4.78, 5) is 24.8. The van der Waals surface area contributed by atoms with Gasteiger partial charge in [0.25, 0.3) is 0 Å². The zero-order valence-electron chi connectivity index (χ0n) is 13.9. The van der Waals surface area contributed by atoms with E-state index in [0.29, 0.717) is 0 Å². The Hall–Kier alpha value is -2.82. The van der Waals surface area contributed by atoms with E-state index < -0.39 is 17.5 Å². The average Bonchev–Trinajstić information content (AvgIpc) is 2.91. The minimum atomic E-state index is -0.879. The third-order valence-electron chi connectivity index (χ3n) is 5.19. The van der Waals surface area contributed by atoms with Gasteiger partial charge in [-0.2, -0.15) is 0 Å². The number of likely N-dealkylation sites (tertiary alicyclic amines) is 1. The van der Waals surface area contributed by atoms with E-state index in [1.807, 2.05) is 24.3 Å². The number of hydrogen-bond acceptors (Lipinski definition) is 3. The lowest BCUT2D eigenvalue weighted by Gasteiger charge is -2.43. The number of amides is 1. The van der Waals surface area contributed by atoms with Crippen molar-refractivity contribution in [3.63, 3.8) is 0 Å². The van der Waals surface area contributed by atoms with Crippen molar-refractivity contribution in [1.29, 1.82) is 0 Å². The van der Waals surface area contributed by atoms with E-state index in [9.17, 15) is 9.59 Å². The normalized spacial score (nSPS) is 17.4. The number of ether oxygens (including phenoxy) is 1. The van der Waals surface area contributed by atoms with Gasteiger partial charge in [0.1, 0.15) is 12.0 Å². The molecule has 0 spiro atoms. The third kappa shape index (κ3) is 2.47. The summed E-state index contributed by atoms with van der Waals surface area (Å²) in [5.41, 5.74) is 3.83. The highest BCUT2D eigenvalue weighted by atomic mass is 16.6. The van der Waals surface area contributed by atoms with Crippen LogP contribution in [0.15, 0.2) is 48.5 Å². The number of nitrogens with zero attached hydrogens (tertiary/aromatic N) is 1. The highest BCUT2D eigenvalue weighted by Gasteiger charge is 2.48. The molecular formula is C20H19NO4. The van der Waals surface area contributed by atoms with E-state index in [0.717, 1.165) is 11.1 Å². The summed E-state index contributed by atoms with van der Waals surface area (Å²) < 4.78 is 5.51. The fourth-order valence-corrected chi connectivity index (χ4v) is 3.75. The number of hydrogen-bond donors (Lipinski definition) is 1. The molecule has 2 aromatic rings. The Labute approximate surface area is 145 Å². The highest BCUT2D eigenvalue weighted by molar-refractivity contribution is 5.81. The summed E-state index contributed by atoms with van der Waals surface area (Å²) in [6, 6.07) is 16.3. The molecule has 0 radical (unpaired) electrons.